The Kier molecular flexibility index (Phi) is 2.41. The third kappa shape index (κ3) is 1.72. The molecule has 0 aliphatic rings. The second-order valence-corrected chi connectivity index (χ2v) is 2.68. The van der Waals surface area contributed by atoms with Crippen LogP contribution in [-0.2, 0) is 0 Å². The number of nitrogens with two attached hydrogens (primary N) is 1. The summed E-state index contributed by atoms with van der Waals surface area (Å²) in [7, 11) is 1.48. The first-order chi connectivity index (χ1) is 6.04. The van der Waals surface area contributed by atoms with Gasteiger partial charge in [0.1, 0.15) is 5.75 Å². The van der Waals surface area contributed by atoms with Gasteiger partial charge in [-0.3, -0.25) is 4.90 Å². The van der Waals surface area contributed by atoms with Gasteiger partial charge >= 0.3 is 6.03 Å². The van der Waals surface area contributed by atoms with E-state index in [0.717, 1.165) is 4.90 Å². The molecule has 2 amide bonds. The normalized spacial score (nSPS) is 9.69. The Morgan fingerprint density at radius 1 is 1.62 bits per heavy atom. The smallest absolute Gasteiger partial charge is 0.319 e. The Morgan fingerprint density at radius 3 is 2.69 bits per heavy atom. The third-order valence-electron chi connectivity index (χ3n) is 1.76. The second-order valence-electron chi connectivity index (χ2n) is 2.68. The summed E-state index contributed by atoms with van der Waals surface area (Å²) in [5, 5.41) is 9.42. The molecule has 0 unspecified atom stereocenters. The quantitative estimate of drug-likeness (QED) is 0.677. The summed E-state index contributed by atoms with van der Waals surface area (Å²) < 4.78 is 0. The van der Waals surface area contributed by atoms with Crippen LogP contribution in [0, 0.1) is 6.92 Å². The molecule has 0 bridgehead atoms. The minimum atomic E-state index is -0.633. The fourth-order valence-corrected chi connectivity index (χ4v) is 1.08. The van der Waals surface area contributed by atoms with E-state index in [1.165, 1.54) is 13.1 Å². The van der Waals surface area contributed by atoms with Gasteiger partial charge in [0, 0.05) is 7.05 Å². The van der Waals surface area contributed by atoms with Crippen LogP contribution >= 0.6 is 0 Å². The van der Waals surface area contributed by atoms with E-state index in [0.29, 0.717) is 11.3 Å². The number of primary amides is 1. The zero-order valence-corrected chi connectivity index (χ0v) is 7.32. The molecule has 0 aromatic heterocycles. The topological polar surface area (TPSA) is 66.6 Å². The van der Waals surface area contributed by atoms with Crippen LogP contribution in [0.15, 0.2) is 18.2 Å². The van der Waals surface area contributed by atoms with Crippen molar-refractivity contribution in [1.82, 2.24) is 0 Å². The number of phenolic OH excluding ortho intramolecular Hbond substituents is 1. The summed E-state index contributed by atoms with van der Waals surface area (Å²) in [6, 6.07) is 4.18. The molecule has 0 aliphatic carbocycles. The van der Waals surface area contributed by atoms with E-state index in [1.54, 1.807) is 12.1 Å². The number of hydrogen-bond acceptors (Lipinski definition) is 2. The van der Waals surface area contributed by atoms with Gasteiger partial charge in [0.25, 0.3) is 0 Å². The van der Waals surface area contributed by atoms with Crippen molar-refractivity contribution in [2.45, 2.75) is 0 Å². The molecule has 0 spiro atoms. The Hall–Kier alpha value is -1.71. The number of aromatic hydroxyl groups is 1. The largest absolute Gasteiger partial charge is 0.506 e. The fraction of sp³-hybridized carbons (Fsp3) is 0.111. The number of phenols is 1. The van der Waals surface area contributed by atoms with Gasteiger partial charge < -0.3 is 10.8 Å². The highest BCUT2D eigenvalue weighted by molar-refractivity contribution is 5.92. The van der Waals surface area contributed by atoms with Crippen LogP contribution < -0.4 is 10.6 Å². The molecule has 69 valence electrons. The predicted molar refractivity (Wildman–Crippen MR) is 50.6 cm³/mol. The van der Waals surface area contributed by atoms with Crippen molar-refractivity contribution in [3.8, 4) is 5.75 Å². The van der Waals surface area contributed by atoms with Gasteiger partial charge in [0.15, 0.2) is 0 Å². The van der Waals surface area contributed by atoms with Gasteiger partial charge in [0.05, 0.1) is 5.69 Å². The Bertz CT molecular complexity index is 316. The lowest BCUT2D eigenvalue weighted by Gasteiger charge is -2.17. The number of urea groups is 1. The molecule has 1 radical (unpaired) electrons. The van der Waals surface area contributed by atoms with Crippen LogP contribution in [0.4, 0.5) is 10.5 Å². The van der Waals surface area contributed by atoms with Crippen LogP contribution in [-0.4, -0.2) is 18.2 Å². The fourth-order valence-electron chi connectivity index (χ4n) is 1.08. The molecule has 1 aromatic rings. The van der Waals surface area contributed by atoms with Gasteiger partial charge in [0.2, 0.25) is 0 Å². The van der Waals surface area contributed by atoms with Crippen LogP contribution in [0.3, 0.4) is 0 Å². The van der Waals surface area contributed by atoms with Gasteiger partial charge in [-0.1, -0.05) is 12.1 Å². The Labute approximate surface area is 76.6 Å². The van der Waals surface area contributed by atoms with E-state index in [-0.39, 0.29) is 5.75 Å². The molecule has 13 heavy (non-hydrogen) atoms. The monoisotopic (exact) mass is 179 g/mol. The zero-order chi connectivity index (χ0) is 10.0. The maximum atomic E-state index is 10.8. The molecule has 0 aliphatic heterocycles. The van der Waals surface area contributed by atoms with Crippen molar-refractivity contribution in [3.63, 3.8) is 0 Å². The molecule has 1 aromatic carbocycles. The average Bonchev–Trinajstić information content (AvgIpc) is 2.03. The van der Waals surface area contributed by atoms with Gasteiger partial charge in [-0.15, -0.1) is 0 Å². The average molecular weight is 179 g/mol. The third-order valence-corrected chi connectivity index (χ3v) is 1.76. The molecular weight excluding hydrogens is 168 g/mol. The SMILES string of the molecule is [CH2]c1cccc(O)c1N(C)C(N)=O. The highest BCUT2D eigenvalue weighted by Gasteiger charge is 2.12. The number of hydrogen-bond donors (Lipinski definition) is 2. The summed E-state index contributed by atoms with van der Waals surface area (Å²) in [6.45, 7) is 3.68. The highest BCUT2D eigenvalue weighted by Crippen LogP contribution is 2.29. The zero-order valence-electron chi connectivity index (χ0n) is 7.32. The number of anilines is 1. The van der Waals surface area contributed by atoms with Crippen molar-refractivity contribution in [3.05, 3.63) is 30.7 Å². The summed E-state index contributed by atoms with van der Waals surface area (Å²) in [6.07, 6.45) is 0. The lowest BCUT2D eigenvalue weighted by molar-refractivity contribution is 0.255. The van der Waals surface area contributed by atoms with Gasteiger partial charge in [-0.05, 0) is 18.6 Å². The number of nitrogens with zero attached hydrogens (tertiary/aromatic N) is 1. The number of carbonyl (C=O) groups excluding carboxylic acids is 1. The van der Waals surface area contributed by atoms with E-state index in [9.17, 15) is 9.90 Å². The predicted octanol–water partition coefficient (Wildman–Crippen LogP) is 1.09. The first kappa shape index (κ1) is 9.38. The lowest BCUT2D eigenvalue weighted by Crippen LogP contribution is -2.32. The molecule has 0 fully saturated rings. The highest BCUT2D eigenvalue weighted by atomic mass is 16.3. The summed E-state index contributed by atoms with van der Waals surface area (Å²) in [4.78, 5) is 12.0. The van der Waals surface area contributed by atoms with Crippen LogP contribution in [0.25, 0.3) is 0 Å². The van der Waals surface area contributed by atoms with E-state index in [1.807, 2.05) is 0 Å². The lowest BCUT2D eigenvalue weighted by atomic mass is 10.2. The molecule has 4 nitrogen and oxygen atoms in total. The molecule has 3 N–H and O–H groups in total. The van der Waals surface area contributed by atoms with Crippen LogP contribution in [0.2, 0.25) is 0 Å². The molecular formula is C9H11N2O2. The maximum Gasteiger partial charge on any atom is 0.319 e. The van der Waals surface area contributed by atoms with Crippen LogP contribution in [0.5, 0.6) is 5.75 Å². The summed E-state index contributed by atoms with van der Waals surface area (Å²) >= 11 is 0. The van der Waals surface area contributed by atoms with Crippen molar-refractivity contribution in [2.75, 3.05) is 11.9 Å². The second kappa shape index (κ2) is 3.35. The Balaban J connectivity index is 3.20. The van der Waals surface area contributed by atoms with E-state index >= 15 is 0 Å². The first-order valence-corrected chi connectivity index (χ1v) is 3.71. The summed E-state index contributed by atoms with van der Waals surface area (Å²) in [5.74, 6) is -0.00574. The standard InChI is InChI=1S/C9H11N2O2/c1-6-4-3-5-7(12)8(6)11(2)9(10)13/h3-5,12H,1H2,2H3,(H2,10,13). The molecule has 0 saturated heterocycles. The number of amides is 2. The molecule has 1 rings (SSSR count). The molecule has 0 atom stereocenters. The van der Waals surface area contributed by atoms with Gasteiger partial charge in [-0.2, -0.15) is 0 Å². The van der Waals surface area contributed by atoms with Crippen molar-refractivity contribution in [2.24, 2.45) is 5.73 Å². The van der Waals surface area contributed by atoms with Crippen molar-refractivity contribution in [1.29, 1.82) is 0 Å². The van der Waals surface area contributed by atoms with Crippen LogP contribution in [0.1, 0.15) is 5.56 Å². The summed E-state index contributed by atoms with van der Waals surface area (Å²) in [5.41, 5.74) is 5.95. The minimum Gasteiger partial charge on any atom is -0.506 e. The maximum absolute atomic E-state index is 10.8. The van der Waals surface area contributed by atoms with Gasteiger partial charge in [-0.25, -0.2) is 4.79 Å². The molecule has 0 heterocycles. The Morgan fingerprint density at radius 2 is 2.23 bits per heavy atom. The number of para-hydroxylation sites is 1. The first-order valence-electron chi connectivity index (χ1n) is 3.71. The van der Waals surface area contributed by atoms with E-state index in [2.05, 4.69) is 6.92 Å². The molecule has 4 heteroatoms. The number of rotatable bonds is 1. The minimum absolute atomic E-state index is 0.00574. The number of carbonyl (C=O) groups is 1. The number of benzene rings is 1. The van der Waals surface area contributed by atoms with Crippen molar-refractivity contribution >= 4 is 11.7 Å². The molecule has 0 saturated carbocycles. The van der Waals surface area contributed by atoms with E-state index < -0.39 is 6.03 Å². The van der Waals surface area contributed by atoms with Crippen molar-refractivity contribution < 1.29 is 9.90 Å². The van der Waals surface area contributed by atoms with E-state index in [4.69, 9.17) is 5.73 Å².